The highest BCUT2D eigenvalue weighted by Crippen LogP contribution is 2.07. The first-order chi connectivity index (χ1) is 6.53. The molecule has 0 saturated carbocycles. The molecular weight excluding hydrogens is 178 g/mol. The summed E-state index contributed by atoms with van der Waals surface area (Å²) >= 11 is 0. The van der Waals surface area contributed by atoms with E-state index in [1.807, 2.05) is 20.2 Å². The maximum atomic E-state index is 5.94. The van der Waals surface area contributed by atoms with E-state index in [0.717, 1.165) is 12.0 Å². The molecule has 1 unspecified atom stereocenters. The molecular formula is C10H19N3O. The van der Waals surface area contributed by atoms with Crippen LogP contribution in [0.2, 0.25) is 0 Å². The van der Waals surface area contributed by atoms with Gasteiger partial charge in [-0.1, -0.05) is 6.92 Å². The molecule has 2 N–H and O–H groups in total. The molecule has 80 valence electrons. The second-order valence-corrected chi connectivity index (χ2v) is 4.02. The lowest BCUT2D eigenvalue weighted by molar-refractivity contribution is 0.0777. The zero-order chi connectivity index (χ0) is 10.6. The largest absolute Gasteiger partial charge is 0.375 e. The van der Waals surface area contributed by atoms with Gasteiger partial charge in [-0.05, 0) is 13.3 Å². The fourth-order valence-electron chi connectivity index (χ4n) is 1.05. The normalized spacial score (nSPS) is 15.4. The molecule has 0 aliphatic heterocycles. The first-order valence-electron chi connectivity index (χ1n) is 4.87. The molecule has 1 rings (SSSR count). The third-order valence-corrected chi connectivity index (χ3v) is 2.27. The molecule has 1 heterocycles. The monoisotopic (exact) mass is 197 g/mol. The molecule has 0 spiro atoms. The highest BCUT2D eigenvalue weighted by atomic mass is 16.5. The first kappa shape index (κ1) is 11.2. The SMILES string of the molecule is CCC(C)(N)COCc1cnn(C)c1. The van der Waals surface area contributed by atoms with Crippen LogP contribution >= 0.6 is 0 Å². The fraction of sp³-hybridized carbons (Fsp3) is 0.700. The molecule has 0 radical (unpaired) electrons. The van der Waals surface area contributed by atoms with Crippen molar-refractivity contribution in [3.63, 3.8) is 0 Å². The maximum absolute atomic E-state index is 5.94. The van der Waals surface area contributed by atoms with Crippen molar-refractivity contribution in [2.24, 2.45) is 12.8 Å². The van der Waals surface area contributed by atoms with E-state index >= 15 is 0 Å². The fourth-order valence-corrected chi connectivity index (χ4v) is 1.05. The van der Waals surface area contributed by atoms with Crippen molar-refractivity contribution in [2.75, 3.05) is 6.61 Å². The average molecular weight is 197 g/mol. The Hall–Kier alpha value is -0.870. The Kier molecular flexibility index (Phi) is 3.66. The van der Waals surface area contributed by atoms with Crippen LogP contribution in [0.3, 0.4) is 0 Å². The number of hydrogen-bond donors (Lipinski definition) is 1. The summed E-state index contributed by atoms with van der Waals surface area (Å²) in [6, 6.07) is 0. The minimum atomic E-state index is -0.220. The predicted octanol–water partition coefficient (Wildman–Crippen LogP) is 1.06. The summed E-state index contributed by atoms with van der Waals surface area (Å²) in [6.07, 6.45) is 4.67. The van der Waals surface area contributed by atoms with Gasteiger partial charge in [-0.15, -0.1) is 0 Å². The van der Waals surface area contributed by atoms with Crippen LogP contribution in [0.15, 0.2) is 12.4 Å². The van der Waals surface area contributed by atoms with Gasteiger partial charge in [-0.2, -0.15) is 5.10 Å². The van der Waals surface area contributed by atoms with Crippen LogP contribution in [0.4, 0.5) is 0 Å². The molecule has 0 amide bonds. The Labute approximate surface area is 85.0 Å². The van der Waals surface area contributed by atoms with E-state index in [-0.39, 0.29) is 5.54 Å². The van der Waals surface area contributed by atoms with Crippen molar-refractivity contribution in [2.45, 2.75) is 32.4 Å². The van der Waals surface area contributed by atoms with Crippen molar-refractivity contribution in [3.8, 4) is 0 Å². The van der Waals surface area contributed by atoms with Crippen molar-refractivity contribution in [1.29, 1.82) is 0 Å². The first-order valence-corrected chi connectivity index (χ1v) is 4.87. The summed E-state index contributed by atoms with van der Waals surface area (Å²) in [5.74, 6) is 0. The summed E-state index contributed by atoms with van der Waals surface area (Å²) in [5, 5.41) is 4.06. The zero-order valence-corrected chi connectivity index (χ0v) is 9.16. The summed E-state index contributed by atoms with van der Waals surface area (Å²) in [6.45, 7) is 5.22. The van der Waals surface area contributed by atoms with E-state index in [9.17, 15) is 0 Å². The molecule has 14 heavy (non-hydrogen) atoms. The Morgan fingerprint density at radius 2 is 2.36 bits per heavy atom. The number of nitrogens with zero attached hydrogens (tertiary/aromatic N) is 2. The van der Waals surface area contributed by atoms with Gasteiger partial charge in [0.05, 0.1) is 19.4 Å². The quantitative estimate of drug-likeness (QED) is 0.768. The van der Waals surface area contributed by atoms with Gasteiger partial charge in [0.1, 0.15) is 0 Å². The van der Waals surface area contributed by atoms with Gasteiger partial charge >= 0.3 is 0 Å². The Balaban J connectivity index is 2.28. The minimum Gasteiger partial charge on any atom is -0.375 e. The molecule has 4 nitrogen and oxygen atoms in total. The van der Waals surface area contributed by atoms with Crippen molar-refractivity contribution >= 4 is 0 Å². The molecule has 0 aliphatic rings. The van der Waals surface area contributed by atoms with E-state index < -0.39 is 0 Å². The molecule has 1 atom stereocenters. The highest BCUT2D eigenvalue weighted by Gasteiger charge is 2.15. The van der Waals surface area contributed by atoms with E-state index in [1.165, 1.54) is 0 Å². The summed E-state index contributed by atoms with van der Waals surface area (Å²) in [5.41, 5.74) is 6.80. The Bertz CT molecular complexity index is 281. The molecule has 1 aromatic heterocycles. The summed E-state index contributed by atoms with van der Waals surface area (Å²) in [7, 11) is 1.89. The standard InChI is InChI=1S/C10H19N3O/c1-4-10(2,11)8-14-7-9-5-12-13(3)6-9/h5-6H,4,7-8,11H2,1-3H3. The van der Waals surface area contributed by atoms with Crippen LogP contribution < -0.4 is 5.73 Å². The molecule has 1 aromatic rings. The maximum Gasteiger partial charge on any atom is 0.0748 e. The molecule has 0 fully saturated rings. The highest BCUT2D eigenvalue weighted by molar-refractivity contribution is 5.01. The smallest absolute Gasteiger partial charge is 0.0748 e. The lowest BCUT2D eigenvalue weighted by Crippen LogP contribution is -2.40. The van der Waals surface area contributed by atoms with E-state index in [2.05, 4.69) is 12.0 Å². The van der Waals surface area contributed by atoms with Gasteiger partial charge in [-0.3, -0.25) is 4.68 Å². The van der Waals surface area contributed by atoms with E-state index in [0.29, 0.717) is 13.2 Å². The second kappa shape index (κ2) is 4.57. The summed E-state index contributed by atoms with van der Waals surface area (Å²) < 4.78 is 7.27. The number of aryl methyl sites for hydroxylation is 1. The van der Waals surface area contributed by atoms with Gasteiger partial charge in [0, 0.05) is 24.3 Å². The zero-order valence-electron chi connectivity index (χ0n) is 9.16. The molecule has 0 aromatic carbocycles. The third kappa shape index (κ3) is 3.47. The van der Waals surface area contributed by atoms with Crippen LogP contribution in [-0.2, 0) is 18.4 Å². The minimum absolute atomic E-state index is 0.220. The average Bonchev–Trinajstić information content (AvgIpc) is 2.51. The number of rotatable bonds is 5. The van der Waals surface area contributed by atoms with Gasteiger partial charge < -0.3 is 10.5 Å². The van der Waals surface area contributed by atoms with Gasteiger partial charge in [-0.25, -0.2) is 0 Å². The summed E-state index contributed by atoms with van der Waals surface area (Å²) in [4.78, 5) is 0. The van der Waals surface area contributed by atoms with E-state index in [1.54, 1.807) is 10.9 Å². The van der Waals surface area contributed by atoms with Crippen LogP contribution in [0, 0.1) is 0 Å². The molecule has 4 heteroatoms. The van der Waals surface area contributed by atoms with Crippen LogP contribution in [0.5, 0.6) is 0 Å². The van der Waals surface area contributed by atoms with Crippen molar-refractivity contribution in [1.82, 2.24) is 9.78 Å². The molecule has 0 saturated heterocycles. The van der Waals surface area contributed by atoms with Gasteiger partial charge in [0.2, 0.25) is 0 Å². The number of ether oxygens (including phenoxy) is 1. The van der Waals surface area contributed by atoms with Crippen LogP contribution in [0.25, 0.3) is 0 Å². The molecule has 0 bridgehead atoms. The van der Waals surface area contributed by atoms with Crippen molar-refractivity contribution < 1.29 is 4.74 Å². The predicted molar refractivity (Wildman–Crippen MR) is 55.7 cm³/mol. The number of nitrogens with two attached hydrogens (primary N) is 1. The Morgan fingerprint density at radius 3 is 2.86 bits per heavy atom. The lowest BCUT2D eigenvalue weighted by Gasteiger charge is -2.21. The number of hydrogen-bond acceptors (Lipinski definition) is 3. The van der Waals surface area contributed by atoms with Gasteiger partial charge in [0.25, 0.3) is 0 Å². The van der Waals surface area contributed by atoms with Crippen LogP contribution in [-0.4, -0.2) is 21.9 Å². The lowest BCUT2D eigenvalue weighted by atomic mass is 10.0. The molecule has 0 aliphatic carbocycles. The van der Waals surface area contributed by atoms with Crippen LogP contribution in [0.1, 0.15) is 25.8 Å². The second-order valence-electron chi connectivity index (χ2n) is 4.02. The Morgan fingerprint density at radius 1 is 1.64 bits per heavy atom. The third-order valence-electron chi connectivity index (χ3n) is 2.27. The van der Waals surface area contributed by atoms with Crippen molar-refractivity contribution in [3.05, 3.63) is 18.0 Å². The number of aromatic nitrogens is 2. The van der Waals surface area contributed by atoms with Gasteiger partial charge in [0.15, 0.2) is 0 Å². The van der Waals surface area contributed by atoms with E-state index in [4.69, 9.17) is 10.5 Å². The topological polar surface area (TPSA) is 53.1 Å².